The standard InChI is InChI=1S/C35H41N5O4/c1-24-11-16-31(27(4)21-24)40(33-25(2)9-8-10-26(33)3)35(42)44-32-17-18-36-34(38-32)37-28-12-14-30(15-13-28)43-23-29(41)22-39-19-6-5-7-20-39/h8-18,21,29,41H,5-7,19-20,22-23H2,1-4H3,(H,36,37,38). The predicted molar refractivity (Wildman–Crippen MR) is 174 cm³/mol. The summed E-state index contributed by atoms with van der Waals surface area (Å²) in [6.07, 6.45) is 4.09. The van der Waals surface area contributed by atoms with Crippen molar-refractivity contribution in [2.45, 2.75) is 53.1 Å². The minimum absolute atomic E-state index is 0.121. The molecule has 44 heavy (non-hydrogen) atoms. The van der Waals surface area contributed by atoms with Crippen molar-refractivity contribution in [1.82, 2.24) is 14.9 Å². The van der Waals surface area contributed by atoms with Gasteiger partial charge in [-0.3, -0.25) is 0 Å². The molecule has 2 heterocycles. The molecule has 1 amide bonds. The number of nitrogens with zero attached hydrogens (tertiary/aromatic N) is 4. The lowest BCUT2D eigenvalue weighted by atomic mass is 10.0. The summed E-state index contributed by atoms with van der Waals surface area (Å²) in [7, 11) is 0. The van der Waals surface area contributed by atoms with Crippen LogP contribution in [0.1, 0.15) is 41.5 Å². The molecule has 0 saturated carbocycles. The van der Waals surface area contributed by atoms with Crippen LogP contribution < -0.4 is 19.7 Å². The largest absolute Gasteiger partial charge is 0.491 e. The fraction of sp³-hybridized carbons (Fsp3) is 0.343. The van der Waals surface area contributed by atoms with E-state index >= 15 is 0 Å². The molecule has 230 valence electrons. The second-order valence-electron chi connectivity index (χ2n) is 11.4. The van der Waals surface area contributed by atoms with Crippen molar-refractivity contribution in [3.05, 3.63) is 95.2 Å². The molecule has 1 aliphatic rings. The van der Waals surface area contributed by atoms with Gasteiger partial charge < -0.3 is 24.8 Å². The zero-order valence-corrected chi connectivity index (χ0v) is 25.9. The number of hydrogen-bond donors (Lipinski definition) is 2. The van der Waals surface area contributed by atoms with Crippen LogP contribution in [-0.2, 0) is 0 Å². The number of aliphatic hydroxyl groups is 1. The highest BCUT2D eigenvalue weighted by atomic mass is 16.6. The first-order valence-corrected chi connectivity index (χ1v) is 15.2. The Labute approximate surface area is 259 Å². The van der Waals surface area contributed by atoms with Crippen molar-refractivity contribution in [1.29, 1.82) is 0 Å². The number of para-hydroxylation sites is 1. The maximum atomic E-state index is 13.8. The highest BCUT2D eigenvalue weighted by molar-refractivity contribution is 5.99. The Morgan fingerprint density at radius 3 is 2.39 bits per heavy atom. The van der Waals surface area contributed by atoms with Gasteiger partial charge in [-0.05, 0) is 101 Å². The average molecular weight is 596 g/mol. The fourth-order valence-electron chi connectivity index (χ4n) is 5.57. The van der Waals surface area contributed by atoms with Crippen molar-refractivity contribution in [2.24, 2.45) is 0 Å². The SMILES string of the molecule is Cc1ccc(N(C(=O)Oc2ccnc(Nc3ccc(OCC(O)CN4CCCCC4)cc3)n2)c2c(C)cccc2C)c(C)c1. The first-order valence-electron chi connectivity index (χ1n) is 15.2. The third-order valence-electron chi connectivity index (χ3n) is 7.73. The molecule has 0 bridgehead atoms. The zero-order chi connectivity index (χ0) is 31.1. The molecule has 1 atom stereocenters. The Kier molecular flexibility index (Phi) is 10.1. The number of nitrogens with one attached hydrogen (secondary N) is 1. The van der Waals surface area contributed by atoms with Crippen molar-refractivity contribution in [3.8, 4) is 11.6 Å². The van der Waals surface area contributed by atoms with E-state index in [-0.39, 0.29) is 18.4 Å². The van der Waals surface area contributed by atoms with Gasteiger partial charge in [-0.1, -0.05) is 42.3 Å². The summed E-state index contributed by atoms with van der Waals surface area (Å²) >= 11 is 0. The molecule has 0 aliphatic carbocycles. The Bertz CT molecular complexity index is 1550. The van der Waals surface area contributed by atoms with Crippen molar-refractivity contribution in [3.63, 3.8) is 0 Å². The van der Waals surface area contributed by atoms with E-state index in [1.54, 1.807) is 17.2 Å². The van der Waals surface area contributed by atoms with Crippen LogP contribution >= 0.6 is 0 Å². The number of benzene rings is 3. The third-order valence-corrected chi connectivity index (χ3v) is 7.73. The second-order valence-corrected chi connectivity index (χ2v) is 11.4. The topological polar surface area (TPSA) is 100 Å². The summed E-state index contributed by atoms with van der Waals surface area (Å²) in [5, 5.41) is 13.5. The number of ether oxygens (including phenoxy) is 2. The van der Waals surface area contributed by atoms with Crippen LogP contribution in [-0.4, -0.2) is 58.4 Å². The Balaban J connectivity index is 1.24. The highest BCUT2D eigenvalue weighted by Gasteiger charge is 2.25. The Morgan fingerprint density at radius 1 is 0.955 bits per heavy atom. The molecule has 1 aliphatic heterocycles. The normalized spacial score (nSPS) is 14.1. The van der Waals surface area contributed by atoms with E-state index in [2.05, 4.69) is 20.2 Å². The quantitative estimate of drug-likeness (QED) is 0.202. The number of carbonyl (C=O) groups excluding carboxylic acids is 1. The van der Waals surface area contributed by atoms with Crippen LogP contribution in [0.2, 0.25) is 0 Å². The van der Waals surface area contributed by atoms with Crippen molar-refractivity contribution in [2.75, 3.05) is 36.5 Å². The lowest BCUT2D eigenvalue weighted by Gasteiger charge is -2.28. The molecule has 1 aromatic heterocycles. The summed E-state index contributed by atoms with van der Waals surface area (Å²) in [5.41, 5.74) is 6.23. The summed E-state index contributed by atoms with van der Waals surface area (Å²) in [5.74, 6) is 1.07. The lowest BCUT2D eigenvalue weighted by molar-refractivity contribution is 0.0617. The molecule has 1 saturated heterocycles. The van der Waals surface area contributed by atoms with E-state index in [0.29, 0.717) is 12.3 Å². The van der Waals surface area contributed by atoms with E-state index < -0.39 is 12.2 Å². The number of aromatic nitrogens is 2. The van der Waals surface area contributed by atoms with Crippen LogP contribution in [0.25, 0.3) is 0 Å². The highest BCUT2D eigenvalue weighted by Crippen LogP contribution is 2.35. The van der Waals surface area contributed by atoms with Crippen LogP contribution in [0.15, 0.2) is 72.9 Å². The predicted octanol–water partition coefficient (Wildman–Crippen LogP) is 7.02. The number of anilines is 4. The van der Waals surface area contributed by atoms with Crippen molar-refractivity contribution >= 4 is 29.1 Å². The maximum absolute atomic E-state index is 13.8. The van der Waals surface area contributed by atoms with Gasteiger partial charge in [0.15, 0.2) is 0 Å². The number of aliphatic hydroxyl groups excluding tert-OH is 1. The number of rotatable bonds is 10. The molecule has 0 spiro atoms. The molecular weight excluding hydrogens is 554 g/mol. The van der Waals surface area contributed by atoms with E-state index in [4.69, 9.17) is 9.47 Å². The number of likely N-dealkylation sites (tertiary alicyclic amines) is 1. The number of amides is 1. The first kappa shape index (κ1) is 31.0. The lowest BCUT2D eigenvalue weighted by Crippen LogP contribution is -2.38. The minimum atomic E-state index is -0.567. The fourth-order valence-corrected chi connectivity index (χ4v) is 5.57. The average Bonchev–Trinajstić information content (AvgIpc) is 3.00. The van der Waals surface area contributed by atoms with Gasteiger partial charge in [-0.15, -0.1) is 0 Å². The zero-order valence-electron chi connectivity index (χ0n) is 25.9. The molecule has 5 rings (SSSR count). The van der Waals surface area contributed by atoms with Crippen LogP contribution in [0.3, 0.4) is 0 Å². The number of hydrogen-bond acceptors (Lipinski definition) is 8. The first-order chi connectivity index (χ1) is 21.3. The maximum Gasteiger partial charge on any atom is 0.425 e. The minimum Gasteiger partial charge on any atom is -0.491 e. The van der Waals surface area contributed by atoms with Gasteiger partial charge in [0.25, 0.3) is 0 Å². The van der Waals surface area contributed by atoms with E-state index in [0.717, 1.165) is 52.4 Å². The van der Waals surface area contributed by atoms with Gasteiger partial charge in [0.2, 0.25) is 11.8 Å². The number of β-amino-alcohol motifs (C(OH)–C–C–N with tert-alkyl or cyclic N) is 1. The van der Waals surface area contributed by atoms with E-state index in [1.165, 1.54) is 19.3 Å². The van der Waals surface area contributed by atoms with Crippen LogP contribution in [0.4, 0.5) is 27.8 Å². The molecular formula is C35H41N5O4. The summed E-state index contributed by atoms with van der Waals surface area (Å²) in [6, 6.07) is 20.8. The molecule has 9 nitrogen and oxygen atoms in total. The Morgan fingerprint density at radius 2 is 1.68 bits per heavy atom. The van der Waals surface area contributed by atoms with Gasteiger partial charge in [0.05, 0.1) is 11.4 Å². The van der Waals surface area contributed by atoms with Crippen molar-refractivity contribution < 1.29 is 19.4 Å². The molecule has 4 aromatic rings. The number of carbonyl (C=O) groups is 1. The number of piperidine rings is 1. The second kappa shape index (κ2) is 14.3. The molecule has 9 heteroatoms. The molecule has 0 radical (unpaired) electrons. The summed E-state index contributed by atoms with van der Waals surface area (Å²) in [6.45, 7) is 10.9. The van der Waals surface area contributed by atoms with Gasteiger partial charge in [-0.25, -0.2) is 14.7 Å². The van der Waals surface area contributed by atoms with Gasteiger partial charge in [0.1, 0.15) is 18.5 Å². The Hall–Kier alpha value is -4.47. The van der Waals surface area contributed by atoms with E-state index in [9.17, 15) is 9.90 Å². The third kappa shape index (κ3) is 7.92. The molecule has 2 N–H and O–H groups in total. The molecule has 1 unspecified atom stereocenters. The van der Waals surface area contributed by atoms with Crippen LogP contribution in [0, 0.1) is 27.7 Å². The molecule has 3 aromatic carbocycles. The molecule has 1 fully saturated rings. The van der Waals surface area contributed by atoms with Gasteiger partial charge in [0, 0.05) is 24.5 Å². The van der Waals surface area contributed by atoms with Gasteiger partial charge >= 0.3 is 6.09 Å². The summed E-state index contributed by atoms with van der Waals surface area (Å²) < 4.78 is 11.6. The number of aryl methyl sites for hydroxylation is 4. The van der Waals surface area contributed by atoms with E-state index in [1.807, 2.05) is 88.4 Å². The summed E-state index contributed by atoms with van der Waals surface area (Å²) in [4.78, 5) is 26.4. The van der Waals surface area contributed by atoms with Crippen LogP contribution in [0.5, 0.6) is 11.6 Å². The monoisotopic (exact) mass is 595 g/mol. The van der Waals surface area contributed by atoms with Gasteiger partial charge in [-0.2, -0.15) is 4.98 Å². The smallest absolute Gasteiger partial charge is 0.425 e.